The summed E-state index contributed by atoms with van der Waals surface area (Å²) >= 11 is 0. The highest BCUT2D eigenvalue weighted by Gasteiger charge is 2.85. The summed E-state index contributed by atoms with van der Waals surface area (Å²) in [6.45, 7) is 1.86. The second kappa shape index (κ2) is 14.5. The Kier molecular flexibility index (Phi) is 9.97. The molecule has 60 heavy (non-hydrogen) atoms. The highest BCUT2D eigenvalue weighted by atomic mass is 16.5. The minimum atomic E-state index is -1.83. The van der Waals surface area contributed by atoms with E-state index in [2.05, 4.69) is 24.1 Å². The monoisotopic (exact) mass is 825 g/mol. The van der Waals surface area contributed by atoms with Crippen LogP contribution in [0.1, 0.15) is 126 Å². The molecule has 7 fully saturated rings. The first-order valence-electron chi connectivity index (χ1n) is 23.6. The fourth-order valence-corrected chi connectivity index (χ4v) is 17.6. The van der Waals surface area contributed by atoms with Crippen LogP contribution in [0.2, 0.25) is 0 Å². The van der Waals surface area contributed by atoms with Gasteiger partial charge in [0.25, 0.3) is 0 Å². The highest BCUT2D eigenvalue weighted by molar-refractivity contribution is 5.87. The Hall–Kier alpha value is -2.62. The van der Waals surface area contributed by atoms with E-state index in [-0.39, 0.29) is 56.3 Å². The van der Waals surface area contributed by atoms with E-state index >= 15 is 0 Å². The van der Waals surface area contributed by atoms with Gasteiger partial charge >= 0.3 is 5.97 Å². The van der Waals surface area contributed by atoms with Crippen LogP contribution in [0.25, 0.3) is 0 Å². The predicted molar refractivity (Wildman–Crippen MR) is 223 cm³/mol. The van der Waals surface area contributed by atoms with Crippen LogP contribution in [0, 0.1) is 75.4 Å². The zero-order valence-electron chi connectivity index (χ0n) is 35.6. The van der Waals surface area contributed by atoms with Gasteiger partial charge in [0, 0.05) is 52.7 Å². The molecule has 1 heterocycles. The smallest absolute Gasteiger partial charge is 0.331 e. The van der Waals surface area contributed by atoms with E-state index in [9.17, 15) is 40.2 Å². The maximum absolute atomic E-state index is 14.3. The molecule has 1 aromatic rings. The number of carbonyl (C=O) groups is 2. The number of esters is 1. The maximum atomic E-state index is 14.3. The summed E-state index contributed by atoms with van der Waals surface area (Å²) < 4.78 is 6.26. The molecule has 10 aliphatic rings. The summed E-state index contributed by atoms with van der Waals surface area (Å²) in [6, 6.07) is 5.57. The lowest BCUT2D eigenvalue weighted by atomic mass is 9.34. The average molecular weight is 826 g/mol. The molecule has 1 spiro atoms. The summed E-state index contributed by atoms with van der Waals surface area (Å²) in [7, 11) is 1.89. The van der Waals surface area contributed by atoms with Gasteiger partial charge in [-0.25, -0.2) is 4.79 Å². The Balaban J connectivity index is 1.16. The molecule has 0 amide bonds. The van der Waals surface area contributed by atoms with Gasteiger partial charge in [0.05, 0.1) is 35.9 Å². The van der Waals surface area contributed by atoms with Crippen LogP contribution in [0.4, 0.5) is 0 Å². The summed E-state index contributed by atoms with van der Waals surface area (Å²) in [5.41, 5.74) is -5.61. The van der Waals surface area contributed by atoms with Crippen molar-refractivity contribution < 1.29 is 45.0 Å². The SMILES string of the molecule is CNC1Cc2c(cccc2CO)C#CCCC23CCC4C(O)(CC5CC(C(C)C6CCCC6)CCC6C(O)CCC4(C=O)C56O)C2(O)CC2CC1C1OC(=O)C=C1C23CO. The van der Waals surface area contributed by atoms with Crippen LogP contribution in [-0.4, -0.2) is 91.6 Å². The lowest BCUT2D eigenvalue weighted by molar-refractivity contribution is -0.348. The molecular weight excluding hydrogens is 759 g/mol. The quantitative estimate of drug-likeness (QED) is 0.123. The van der Waals surface area contributed by atoms with Crippen LogP contribution >= 0.6 is 0 Å². The van der Waals surface area contributed by atoms with Crippen molar-refractivity contribution in [2.24, 2.45) is 63.6 Å². The number of hydrogen-bond donors (Lipinski definition) is 7. The molecule has 4 bridgehead atoms. The maximum Gasteiger partial charge on any atom is 0.331 e. The molecule has 7 N–H and O–H groups in total. The molecular formula is C50H67NO9. The topological polar surface area (TPSA) is 177 Å². The van der Waals surface area contributed by atoms with Crippen LogP contribution in [-0.2, 0) is 27.4 Å². The zero-order chi connectivity index (χ0) is 42.0. The van der Waals surface area contributed by atoms with Gasteiger partial charge in [-0.15, -0.1) is 0 Å². The first-order chi connectivity index (χ1) is 28.8. The molecule has 1 aliphatic heterocycles. The van der Waals surface area contributed by atoms with Gasteiger partial charge in [-0.2, -0.15) is 0 Å². The second-order valence-corrected chi connectivity index (χ2v) is 21.4. The molecule has 10 nitrogen and oxygen atoms in total. The van der Waals surface area contributed by atoms with Gasteiger partial charge in [-0.05, 0) is 136 Å². The fraction of sp³-hybridized carbons (Fsp3) is 0.760. The molecule has 7 saturated carbocycles. The third-order valence-electron chi connectivity index (χ3n) is 20.2. The largest absolute Gasteiger partial charge is 0.454 e. The van der Waals surface area contributed by atoms with E-state index < -0.39 is 69.0 Å². The zero-order valence-corrected chi connectivity index (χ0v) is 35.6. The number of nitrogens with one attached hydrogen (secondary N) is 1. The number of aliphatic hydroxyl groups is 6. The van der Waals surface area contributed by atoms with Gasteiger partial charge in [0.2, 0.25) is 0 Å². The Morgan fingerprint density at radius 3 is 2.50 bits per heavy atom. The predicted octanol–water partition coefficient (Wildman–Crippen LogP) is 4.52. The van der Waals surface area contributed by atoms with Crippen LogP contribution in [0.3, 0.4) is 0 Å². The summed E-state index contributed by atoms with van der Waals surface area (Å²) in [5.74, 6) is 5.17. The van der Waals surface area contributed by atoms with Crippen molar-refractivity contribution in [3.63, 3.8) is 0 Å². The van der Waals surface area contributed by atoms with Crippen LogP contribution in [0.15, 0.2) is 29.8 Å². The van der Waals surface area contributed by atoms with E-state index in [0.29, 0.717) is 75.2 Å². The number of benzene rings is 1. The minimum Gasteiger partial charge on any atom is -0.454 e. The minimum absolute atomic E-state index is 0.0941. The van der Waals surface area contributed by atoms with Gasteiger partial charge in [0.15, 0.2) is 0 Å². The Bertz CT molecular complexity index is 2000. The van der Waals surface area contributed by atoms with Crippen molar-refractivity contribution in [2.75, 3.05) is 13.7 Å². The van der Waals surface area contributed by atoms with E-state index in [1.807, 2.05) is 25.2 Å². The first kappa shape index (κ1) is 41.4. The third kappa shape index (κ3) is 5.09. The Labute approximate surface area is 354 Å². The molecule has 326 valence electrons. The van der Waals surface area contributed by atoms with Gasteiger partial charge in [-0.3, -0.25) is 0 Å². The lowest BCUT2D eigenvalue weighted by Gasteiger charge is -2.72. The standard InChI is InChI=1S/C50H67NO9/c1-29(30-8-3-4-9-30)32-13-14-38-41(55)15-18-45(27-53)42-16-19-46-17-6-5-10-31-11-7-12-33(26-52)36(31)22-40(51-2)37-21-34(47(46,28-54)39-23-43(56)60-44(37)39)25-49(46,58)48(42,57)24-35(20-32)50(38,45)59/h7,11-12,23,27,29-30,32,34-35,37-38,40-42,44,51-52,54-55,57-59H,3-4,6,8-9,13-22,24-26,28H2,1-2H3. The first-order valence-corrected chi connectivity index (χ1v) is 23.6. The molecule has 1 aromatic carbocycles. The second-order valence-electron chi connectivity index (χ2n) is 21.4. The van der Waals surface area contributed by atoms with Crippen molar-refractivity contribution in [1.82, 2.24) is 5.32 Å². The van der Waals surface area contributed by atoms with E-state index in [4.69, 9.17) is 4.74 Å². The molecule has 0 aromatic heterocycles. The van der Waals surface area contributed by atoms with Gasteiger partial charge in [-0.1, -0.05) is 56.6 Å². The van der Waals surface area contributed by atoms with Crippen molar-refractivity contribution >= 4 is 12.3 Å². The van der Waals surface area contributed by atoms with E-state index in [1.54, 1.807) is 6.08 Å². The molecule has 9 aliphatic carbocycles. The number of ether oxygens (including phenoxy) is 1. The number of rotatable bonds is 6. The van der Waals surface area contributed by atoms with Crippen LogP contribution in [0.5, 0.6) is 0 Å². The molecule has 0 radical (unpaired) electrons. The van der Waals surface area contributed by atoms with Gasteiger partial charge < -0.3 is 45.5 Å². The molecule has 0 saturated heterocycles. The third-order valence-corrected chi connectivity index (χ3v) is 20.2. The summed E-state index contributed by atoms with van der Waals surface area (Å²) in [6.07, 6.45) is 11.2. The number of fused-ring (bicyclic) bond motifs is 6. The van der Waals surface area contributed by atoms with Crippen molar-refractivity contribution in [3.8, 4) is 11.8 Å². The number of aldehydes is 1. The Morgan fingerprint density at radius 1 is 0.967 bits per heavy atom. The lowest BCUT2D eigenvalue weighted by Crippen LogP contribution is -2.81. The molecule has 16 unspecified atom stereocenters. The number of carbonyl (C=O) groups excluding carboxylic acids is 2. The summed E-state index contributed by atoms with van der Waals surface area (Å²) in [4.78, 5) is 27.8. The van der Waals surface area contributed by atoms with Crippen molar-refractivity contribution in [2.45, 2.75) is 158 Å². The van der Waals surface area contributed by atoms with E-state index in [1.165, 1.54) is 25.7 Å². The van der Waals surface area contributed by atoms with Crippen molar-refractivity contribution in [1.29, 1.82) is 0 Å². The normalized spacial score (nSPS) is 48.5. The average Bonchev–Trinajstić information content (AvgIpc) is 3.95. The number of hydrogen-bond acceptors (Lipinski definition) is 10. The number of aliphatic hydroxyl groups excluding tert-OH is 3. The molecule has 10 heteroatoms. The van der Waals surface area contributed by atoms with Crippen LogP contribution < -0.4 is 5.32 Å². The number of likely N-dealkylation sites (N-methyl/N-ethyl adjacent to an activating group) is 1. The Morgan fingerprint density at radius 2 is 1.77 bits per heavy atom. The van der Waals surface area contributed by atoms with E-state index in [0.717, 1.165) is 29.4 Å². The van der Waals surface area contributed by atoms with Gasteiger partial charge in [0.1, 0.15) is 18.0 Å². The molecule has 16 atom stereocenters. The highest BCUT2D eigenvalue weighted by Crippen LogP contribution is 2.81. The summed E-state index contributed by atoms with van der Waals surface area (Å²) in [5, 5.41) is 79.9. The fourth-order valence-electron chi connectivity index (χ4n) is 17.6. The van der Waals surface area contributed by atoms with Crippen molar-refractivity contribution in [3.05, 3.63) is 46.5 Å². The molecule has 11 rings (SSSR count).